The molecule has 0 radical (unpaired) electrons. The van der Waals surface area contributed by atoms with E-state index in [4.69, 9.17) is 13.9 Å². The molecule has 0 spiro atoms. The fourth-order valence-corrected chi connectivity index (χ4v) is 2.52. The molecule has 0 saturated heterocycles. The van der Waals surface area contributed by atoms with E-state index in [0.29, 0.717) is 12.4 Å². The fraction of sp³-hybridized carbons (Fsp3) is 0.250. The van der Waals surface area contributed by atoms with Crippen molar-refractivity contribution in [3.8, 4) is 11.5 Å². The number of carbonyl (C=O) groups excluding carboxylic acids is 1. The molecule has 0 bridgehead atoms. The van der Waals surface area contributed by atoms with Gasteiger partial charge in [0, 0.05) is 5.39 Å². The Kier molecular flexibility index (Phi) is 5.23. The molecule has 1 heterocycles. The number of ether oxygens (including phenoxy) is 2. The number of fused-ring (bicyclic) bond motifs is 1. The molecular formula is C20H21NO4. The zero-order valence-corrected chi connectivity index (χ0v) is 14.3. The molecule has 5 nitrogen and oxygen atoms in total. The summed E-state index contributed by atoms with van der Waals surface area (Å²) in [4.78, 5) is 12.1. The summed E-state index contributed by atoms with van der Waals surface area (Å²) in [5.41, 5.74) is 0.809. The summed E-state index contributed by atoms with van der Waals surface area (Å²) in [5, 5.41) is 3.89. The topological polar surface area (TPSA) is 60.7 Å². The minimum Gasteiger partial charge on any atom is -0.494 e. The standard InChI is InChI=1S/C20H21NO4/c1-3-23-16-8-10-17(11-9-16)24-13-20(22)21-14(2)19-12-15-6-4-5-7-18(15)25-19/h4-12,14H,3,13H2,1-2H3,(H,21,22). The molecule has 0 saturated carbocycles. The van der Waals surface area contributed by atoms with E-state index in [1.54, 1.807) is 12.1 Å². The van der Waals surface area contributed by atoms with Gasteiger partial charge in [-0.15, -0.1) is 0 Å². The monoisotopic (exact) mass is 339 g/mol. The van der Waals surface area contributed by atoms with E-state index in [-0.39, 0.29) is 18.6 Å². The molecule has 3 aromatic rings. The van der Waals surface area contributed by atoms with Crippen LogP contribution in [0.15, 0.2) is 59.0 Å². The predicted molar refractivity (Wildman–Crippen MR) is 95.9 cm³/mol. The number of para-hydroxylation sites is 1. The molecule has 1 unspecified atom stereocenters. The van der Waals surface area contributed by atoms with Crippen LogP contribution in [0, 0.1) is 0 Å². The van der Waals surface area contributed by atoms with E-state index in [2.05, 4.69) is 5.32 Å². The third-order valence-corrected chi connectivity index (χ3v) is 3.75. The Morgan fingerprint density at radius 1 is 1.08 bits per heavy atom. The van der Waals surface area contributed by atoms with Gasteiger partial charge in [0.15, 0.2) is 6.61 Å². The molecule has 1 amide bonds. The number of nitrogens with one attached hydrogen (secondary N) is 1. The zero-order valence-electron chi connectivity index (χ0n) is 14.3. The van der Waals surface area contributed by atoms with Crippen LogP contribution < -0.4 is 14.8 Å². The highest BCUT2D eigenvalue weighted by molar-refractivity contribution is 5.79. The zero-order chi connectivity index (χ0) is 17.6. The van der Waals surface area contributed by atoms with Crippen molar-refractivity contribution in [3.05, 3.63) is 60.4 Å². The molecule has 25 heavy (non-hydrogen) atoms. The first kappa shape index (κ1) is 16.9. The number of amides is 1. The lowest BCUT2D eigenvalue weighted by Gasteiger charge is -2.12. The van der Waals surface area contributed by atoms with Crippen LogP contribution in [-0.4, -0.2) is 19.1 Å². The van der Waals surface area contributed by atoms with Gasteiger partial charge < -0.3 is 19.2 Å². The second-order valence-corrected chi connectivity index (χ2v) is 5.67. The van der Waals surface area contributed by atoms with Crippen molar-refractivity contribution >= 4 is 16.9 Å². The molecule has 130 valence electrons. The number of carbonyl (C=O) groups is 1. The minimum absolute atomic E-state index is 0.0570. The number of hydrogen-bond acceptors (Lipinski definition) is 4. The molecule has 1 aromatic heterocycles. The van der Waals surface area contributed by atoms with Gasteiger partial charge in [0.2, 0.25) is 0 Å². The van der Waals surface area contributed by atoms with Crippen LogP contribution in [0.25, 0.3) is 11.0 Å². The van der Waals surface area contributed by atoms with Gasteiger partial charge >= 0.3 is 0 Å². The van der Waals surface area contributed by atoms with Crippen LogP contribution in [0.4, 0.5) is 0 Å². The van der Waals surface area contributed by atoms with E-state index in [1.165, 1.54) is 0 Å². The molecule has 3 rings (SSSR count). The van der Waals surface area contributed by atoms with E-state index >= 15 is 0 Å². The third-order valence-electron chi connectivity index (χ3n) is 3.75. The van der Waals surface area contributed by atoms with Crippen molar-refractivity contribution in [1.82, 2.24) is 5.32 Å². The largest absolute Gasteiger partial charge is 0.494 e. The molecular weight excluding hydrogens is 318 g/mol. The summed E-state index contributed by atoms with van der Waals surface area (Å²) in [7, 11) is 0. The first-order chi connectivity index (χ1) is 12.2. The Morgan fingerprint density at radius 3 is 2.44 bits per heavy atom. The highest BCUT2D eigenvalue weighted by Crippen LogP contribution is 2.23. The maximum atomic E-state index is 12.1. The van der Waals surface area contributed by atoms with Crippen molar-refractivity contribution in [2.75, 3.05) is 13.2 Å². The fourth-order valence-electron chi connectivity index (χ4n) is 2.52. The second-order valence-electron chi connectivity index (χ2n) is 5.67. The molecule has 1 atom stereocenters. The Balaban J connectivity index is 1.53. The quantitative estimate of drug-likeness (QED) is 0.704. The first-order valence-electron chi connectivity index (χ1n) is 8.29. The second kappa shape index (κ2) is 7.75. The van der Waals surface area contributed by atoms with E-state index in [0.717, 1.165) is 22.5 Å². The van der Waals surface area contributed by atoms with Crippen molar-refractivity contribution in [3.63, 3.8) is 0 Å². The summed E-state index contributed by atoms with van der Waals surface area (Å²) >= 11 is 0. The van der Waals surface area contributed by atoms with Crippen LogP contribution in [0.5, 0.6) is 11.5 Å². The Morgan fingerprint density at radius 2 is 1.76 bits per heavy atom. The molecule has 2 aromatic carbocycles. The van der Waals surface area contributed by atoms with E-state index in [1.807, 2.05) is 56.3 Å². The predicted octanol–water partition coefficient (Wildman–Crippen LogP) is 4.09. The van der Waals surface area contributed by atoms with Crippen LogP contribution in [-0.2, 0) is 4.79 Å². The Labute approximate surface area is 146 Å². The number of rotatable bonds is 7. The molecule has 0 aliphatic heterocycles. The van der Waals surface area contributed by atoms with Gasteiger partial charge in [-0.05, 0) is 50.2 Å². The lowest BCUT2D eigenvalue weighted by Crippen LogP contribution is -2.31. The Bertz CT molecular complexity index is 805. The van der Waals surface area contributed by atoms with Gasteiger partial charge in [-0.1, -0.05) is 18.2 Å². The van der Waals surface area contributed by atoms with Crippen LogP contribution >= 0.6 is 0 Å². The lowest BCUT2D eigenvalue weighted by molar-refractivity contribution is -0.123. The van der Waals surface area contributed by atoms with Gasteiger partial charge in [-0.25, -0.2) is 0 Å². The summed E-state index contributed by atoms with van der Waals surface area (Å²) in [6, 6.07) is 16.6. The smallest absolute Gasteiger partial charge is 0.258 e. The van der Waals surface area contributed by atoms with E-state index < -0.39 is 0 Å². The third kappa shape index (κ3) is 4.32. The highest BCUT2D eigenvalue weighted by atomic mass is 16.5. The van der Waals surface area contributed by atoms with Crippen molar-refractivity contribution in [2.45, 2.75) is 19.9 Å². The molecule has 1 N–H and O–H groups in total. The van der Waals surface area contributed by atoms with Gasteiger partial charge in [0.05, 0.1) is 12.6 Å². The molecule has 0 aliphatic carbocycles. The van der Waals surface area contributed by atoms with Crippen molar-refractivity contribution in [1.29, 1.82) is 0 Å². The maximum Gasteiger partial charge on any atom is 0.258 e. The SMILES string of the molecule is CCOc1ccc(OCC(=O)NC(C)c2cc3ccccc3o2)cc1. The normalized spacial score (nSPS) is 11.9. The lowest BCUT2D eigenvalue weighted by atomic mass is 10.2. The van der Waals surface area contributed by atoms with Gasteiger partial charge in [-0.3, -0.25) is 4.79 Å². The van der Waals surface area contributed by atoms with Crippen LogP contribution in [0.2, 0.25) is 0 Å². The minimum atomic E-state index is -0.233. The van der Waals surface area contributed by atoms with Crippen LogP contribution in [0.3, 0.4) is 0 Å². The van der Waals surface area contributed by atoms with E-state index in [9.17, 15) is 4.79 Å². The average Bonchev–Trinajstić information content (AvgIpc) is 3.06. The summed E-state index contributed by atoms with van der Waals surface area (Å²) in [6.07, 6.45) is 0. The van der Waals surface area contributed by atoms with Gasteiger partial charge in [0.25, 0.3) is 5.91 Å². The first-order valence-corrected chi connectivity index (χ1v) is 8.29. The number of hydrogen-bond donors (Lipinski definition) is 1. The molecule has 0 fully saturated rings. The van der Waals surface area contributed by atoms with Crippen molar-refractivity contribution in [2.24, 2.45) is 0 Å². The maximum absolute atomic E-state index is 12.1. The summed E-state index contributed by atoms with van der Waals surface area (Å²) < 4.78 is 16.6. The number of furan rings is 1. The molecule has 0 aliphatic rings. The summed E-state index contributed by atoms with van der Waals surface area (Å²) in [5.74, 6) is 1.91. The summed E-state index contributed by atoms with van der Waals surface area (Å²) in [6.45, 7) is 4.37. The van der Waals surface area contributed by atoms with Gasteiger partial charge in [-0.2, -0.15) is 0 Å². The van der Waals surface area contributed by atoms with Gasteiger partial charge in [0.1, 0.15) is 22.8 Å². The molecule has 5 heteroatoms. The van der Waals surface area contributed by atoms with Crippen LogP contribution in [0.1, 0.15) is 25.6 Å². The number of benzene rings is 2. The average molecular weight is 339 g/mol. The highest BCUT2D eigenvalue weighted by Gasteiger charge is 2.14. The van der Waals surface area contributed by atoms with Crippen molar-refractivity contribution < 1.29 is 18.7 Å². The Hall–Kier alpha value is -2.95.